The predicted octanol–water partition coefficient (Wildman–Crippen LogP) is 1.05. The standard InChI is InChI=1S/C12H25NO3/c1-10(8-16-7-6-14-2)13-12(9-15-3)11-4-5-11/h10-13H,4-9H2,1-3H3. The average molecular weight is 231 g/mol. The Morgan fingerprint density at radius 1 is 1.12 bits per heavy atom. The molecule has 0 aromatic heterocycles. The van der Waals surface area contributed by atoms with Gasteiger partial charge in [-0.05, 0) is 25.7 Å². The molecule has 1 aliphatic rings. The van der Waals surface area contributed by atoms with Crippen molar-refractivity contribution in [2.24, 2.45) is 5.92 Å². The van der Waals surface area contributed by atoms with Crippen molar-refractivity contribution < 1.29 is 14.2 Å². The molecule has 2 atom stereocenters. The molecule has 0 heterocycles. The number of ether oxygens (including phenoxy) is 3. The van der Waals surface area contributed by atoms with Crippen LogP contribution in [-0.4, -0.2) is 52.7 Å². The molecule has 16 heavy (non-hydrogen) atoms. The van der Waals surface area contributed by atoms with Gasteiger partial charge in [-0.1, -0.05) is 0 Å². The van der Waals surface area contributed by atoms with Crippen LogP contribution in [0.4, 0.5) is 0 Å². The topological polar surface area (TPSA) is 39.7 Å². The van der Waals surface area contributed by atoms with Crippen LogP contribution in [0, 0.1) is 5.92 Å². The summed E-state index contributed by atoms with van der Waals surface area (Å²) in [6, 6.07) is 0.864. The normalized spacial score (nSPS) is 19.7. The van der Waals surface area contributed by atoms with E-state index in [-0.39, 0.29) is 0 Å². The zero-order valence-electron chi connectivity index (χ0n) is 10.7. The zero-order chi connectivity index (χ0) is 11.8. The molecule has 0 bridgehead atoms. The summed E-state index contributed by atoms with van der Waals surface area (Å²) in [5, 5.41) is 3.57. The fourth-order valence-electron chi connectivity index (χ4n) is 1.81. The number of rotatable bonds is 10. The Morgan fingerprint density at radius 3 is 2.44 bits per heavy atom. The Bertz CT molecular complexity index is 174. The fourth-order valence-corrected chi connectivity index (χ4v) is 1.81. The number of methoxy groups -OCH3 is 2. The lowest BCUT2D eigenvalue weighted by Crippen LogP contribution is -2.43. The van der Waals surface area contributed by atoms with Crippen LogP contribution < -0.4 is 5.32 Å². The van der Waals surface area contributed by atoms with E-state index in [0.29, 0.717) is 25.3 Å². The van der Waals surface area contributed by atoms with Gasteiger partial charge in [0.25, 0.3) is 0 Å². The summed E-state index contributed by atoms with van der Waals surface area (Å²) in [4.78, 5) is 0. The van der Waals surface area contributed by atoms with E-state index in [1.54, 1.807) is 14.2 Å². The molecule has 0 radical (unpaired) electrons. The first kappa shape index (κ1) is 13.9. The highest BCUT2D eigenvalue weighted by Crippen LogP contribution is 2.32. The summed E-state index contributed by atoms with van der Waals surface area (Å²) in [7, 11) is 3.45. The van der Waals surface area contributed by atoms with Crippen molar-refractivity contribution >= 4 is 0 Å². The van der Waals surface area contributed by atoms with Gasteiger partial charge in [-0.3, -0.25) is 0 Å². The third-order valence-electron chi connectivity index (χ3n) is 2.84. The van der Waals surface area contributed by atoms with Gasteiger partial charge < -0.3 is 19.5 Å². The second-order valence-corrected chi connectivity index (χ2v) is 4.53. The van der Waals surface area contributed by atoms with Crippen LogP contribution >= 0.6 is 0 Å². The van der Waals surface area contributed by atoms with Gasteiger partial charge in [-0.25, -0.2) is 0 Å². The molecule has 1 aliphatic carbocycles. The van der Waals surface area contributed by atoms with Gasteiger partial charge in [-0.15, -0.1) is 0 Å². The number of nitrogens with one attached hydrogen (secondary N) is 1. The van der Waals surface area contributed by atoms with Crippen LogP contribution in [0.1, 0.15) is 19.8 Å². The average Bonchev–Trinajstić information content (AvgIpc) is 3.07. The van der Waals surface area contributed by atoms with Gasteiger partial charge in [0, 0.05) is 26.3 Å². The van der Waals surface area contributed by atoms with Crippen molar-refractivity contribution in [1.82, 2.24) is 5.32 Å². The minimum Gasteiger partial charge on any atom is -0.383 e. The van der Waals surface area contributed by atoms with Crippen molar-refractivity contribution in [2.75, 3.05) is 40.6 Å². The number of hydrogen-bond acceptors (Lipinski definition) is 4. The Kier molecular flexibility index (Phi) is 6.96. The lowest BCUT2D eigenvalue weighted by Gasteiger charge is -2.22. The summed E-state index contributed by atoms with van der Waals surface area (Å²) in [6.45, 7) is 5.01. The van der Waals surface area contributed by atoms with Gasteiger partial charge in [-0.2, -0.15) is 0 Å². The summed E-state index contributed by atoms with van der Waals surface area (Å²) in [6.07, 6.45) is 2.66. The van der Waals surface area contributed by atoms with Crippen LogP contribution in [0.5, 0.6) is 0 Å². The van der Waals surface area contributed by atoms with E-state index >= 15 is 0 Å². The molecule has 4 heteroatoms. The maximum atomic E-state index is 5.49. The lowest BCUT2D eigenvalue weighted by molar-refractivity contribution is 0.0555. The van der Waals surface area contributed by atoms with Crippen molar-refractivity contribution in [3.63, 3.8) is 0 Å². The Balaban J connectivity index is 2.07. The van der Waals surface area contributed by atoms with E-state index < -0.39 is 0 Å². The van der Waals surface area contributed by atoms with Gasteiger partial charge in [0.2, 0.25) is 0 Å². The molecule has 96 valence electrons. The largest absolute Gasteiger partial charge is 0.383 e. The molecule has 1 rings (SSSR count). The van der Waals surface area contributed by atoms with E-state index in [0.717, 1.165) is 19.1 Å². The molecule has 0 spiro atoms. The molecule has 4 nitrogen and oxygen atoms in total. The molecular weight excluding hydrogens is 206 g/mol. The van der Waals surface area contributed by atoms with E-state index in [4.69, 9.17) is 14.2 Å². The van der Waals surface area contributed by atoms with Crippen molar-refractivity contribution in [3.8, 4) is 0 Å². The van der Waals surface area contributed by atoms with Gasteiger partial charge >= 0.3 is 0 Å². The lowest BCUT2D eigenvalue weighted by atomic mass is 10.2. The summed E-state index contributed by atoms with van der Waals surface area (Å²) in [5.41, 5.74) is 0. The molecule has 1 fully saturated rings. The van der Waals surface area contributed by atoms with Crippen molar-refractivity contribution in [1.29, 1.82) is 0 Å². The molecule has 1 N–H and O–H groups in total. The molecule has 0 aliphatic heterocycles. The smallest absolute Gasteiger partial charge is 0.0701 e. The highest BCUT2D eigenvalue weighted by Gasteiger charge is 2.31. The zero-order valence-corrected chi connectivity index (χ0v) is 10.7. The number of hydrogen-bond donors (Lipinski definition) is 1. The summed E-state index contributed by atoms with van der Waals surface area (Å²) in [5.74, 6) is 0.807. The van der Waals surface area contributed by atoms with Crippen LogP contribution in [0.25, 0.3) is 0 Å². The molecule has 0 amide bonds. The highest BCUT2D eigenvalue weighted by molar-refractivity contribution is 4.87. The molecule has 0 aromatic rings. The van der Waals surface area contributed by atoms with E-state index in [9.17, 15) is 0 Å². The molecule has 1 saturated carbocycles. The maximum absolute atomic E-state index is 5.49. The third-order valence-corrected chi connectivity index (χ3v) is 2.84. The molecular formula is C12H25NO3. The van der Waals surface area contributed by atoms with Gasteiger partial charge in [0.05, 0.1) is 26.4 Å². The van der Waals surface area contributed by atoms with Crippen molar-refractivity contribution in [3.05, 3.63) is 0 Å². The van der Waals surface area contributed by atoms with Crippen LogP contribution in [0.15, 0.2) is 0 Å². The quantitative estimate of drug-likeness (QED) is 0.571. The van der Waals surface area contributed by atoms with Gasteiger partial charge in [0.1, 0.15) is 0 Å². The second kappa shape index (κ2) is 8.01. The maximum Gasteiger partial charge on any atom is 0.0701 e. The predicted molar refractivity (Wildman–Crippen MR) is 63.7 cm³/mol. The second-order valence-electron chi connectivity index (χ2n) is 4.53. The molecule has 0 saturated heterocycles. The van der Waals surface area contributed by atoms with Crippen molar-refractivity contribution in [2.45, 2.75) is 31.8 Å². The first-order chi connectivity index (χ1) is 7.77. The van der Waals surface area contributed by atoms with E-state index in [1.807, 2.05) is 0 Å². The summed E-state index contributed by atoms with van der Waals surface area (Å²) < 4.78 is 15.6. The molecule has 2 unspecified atom stereocenters. The third kappa shape index (κ3) is 5.80. The summed E-state index contributed by atoms with van der Waals surface area (Å²) >= 11 is 0. The minimum absolute atomic E-state index is 0.373. The SMILES string of the molecule is COCCOCC(C)NC(COC)C1CC1. The fraction of sp³-hybridized carbons (Fsp3) is 1.00. The van der Waals surface area contributed by atoms with Gasteiger partial charge in [0.15, 0.2) is 0 Å². The Morgan fingerprint density at radius 2 is 1.88 bits per heavy atom. The Hall–Kier alpha value is -0.160. The van der Waals surface area contributed by atoms with Crippen LogP contribution in [0.3, 0.4) is 0 Å². The Labute approximate surface area is 98.6 Å². The minimum atomic E-state index is 0.373. The molecule has 0 aromatic carbocycles. The highest BCUT2D eigenvalue weighted by atomic mass is 16.5. The first-order valence-corrected chi connectivity index (χ1v) is 6.09. The monoisotopic (exact) mass is 231 g/mol. The van der Waals surface area contributed by atoms with Crippen LogP contribution in [-0.2, 0) is 14.2 Å². The van der Waals surface area contributed by atoms with E-state index in [2.05, 4.69) is 12.2 Å². The first-order valence-electron chi connectivity index (χ1n) is 6.09. The van der Waals surface area contributed by atoms with E-state index in [1.165, 1.54) is 12.8 Å². The van der Waals surface area contributed by atoms with Crippen LogP contribution in [0.2, 0.25) is 0 Å².